The summed E-state index contributed by atoms with van der Waals surface area (Å²) in [4.78, 5) is 2.41. The Hall–Kier alpha value is -2.88. The number of nitrogens with zero attached hydrogens (tertiary/aromatic N) is 5. The molecule has 0 aliphatic heterocycles. The van der Waals surface area contributed by atoms with Crippen LogP contribution in [-0.2, 0) is 13.2 Å². The fourth-order valence-corrected chi connectivity index (χ4v) is 3.64. The van der Waals surface area contributed by atoms with Crippen LogP contribution in [0.5, 0.6) is 0 Å². The summed E-state index contributed by atoms with van der Waals surface area (Å²) in [5, 5.41) is 13.3. The maximum atomic E-state index is 13.2. The summed E-state index contributed by atoms with van der Waals surface area (Å²) in [6.45, 7) is 0.862. The molecule has 1 aliphatic rings. The highest BCUT2D eigenvalue weighted by Crippen LogP contribution is 2.31. The molecule has 0 spiro atoms. The summed E-state index contributed by atoms with van der Waals surface area (Å²) in [6.07, 6.45) is 2.14. The third-order valence-corrected chi connectivity index (χ3v) is 5.61. The third kappa shape index (κ3) is 4.43. The standard InChI is InChI=1S/C21H17ClFN5O2S/c22-17-4-2-1-3-16(17)20-25-24-18(29-20)11-27(15-9-10-15)12-28-21(31)30-19(26-28)13-5-7-14(23)8-6-13/h1-8,15H,9-12H2. The summed E-state index contributed by atoms with van der Waals surface area (Å²) >= 11 is 11.6. The molecule has 0 atom stereocenters. The summed E-state index contributed by atoms with van der Waals surface area (Å²) in [7, 11) is 0. The Morgan fingerprint density at radius 2 is 1.84 bits per heavy atom. The molecule has 1 fully saturated rings. The molecule has 2 aromatic heterocycles. The monoisotopic (exact) mass is 457 g/mol. The molecular formula is C21H17ClFN5O2S. The molecule has 1 aliphatic carbocycles. The van der Waals surface area contributed by atoms with Crippen molar-refractivity contribution in [1.82, 2.24) is 24.9 Å². The lowest BCUT2D eigenvalue weighted by Gasteiger charge is -2.19. The van der Waals surface area contributed by atoms with Gasteiger partial charge in [0.25, 0.3) is 4.84 Å². The Bertz CT molecular complexity index is 1270. The molecule has 0 N–H and O–H groups in total. The van der Waals surface area contributed by atoms with E-state index in [1.807, 2.05) is 18.2 Å². The van der Waals surface area contributed by atoms with E-state index < -0.39 is 0 Å². The van der Waals surface area contributed by atoms with Gasteiger partial charge in [-0.25, -0.2) is 9.07 Å². The van der Waals surface area contributed by atoms with Gasteiger partial charge in [-0.2, -0.15) is 0 Å². The van der Waals surface area contributed by atoms with Gasteiger partial charge < -0.3 is 8.83 Å². The van der Waals surface area contributed by atoms with Crippen molar-refractivity contribution in [3.05, 3.63) is 70.1 Å². The molecule has 0 amide bonds. The number of benzene rings is 2. The summed E-state index contributed by atoms with van der Waals surface area (Å²) < 4.78 is 26.3. The molecule has 0 bridgehead atoms. The van der Waals surface area contributed by atoms with Crippen molar-refractivity contribution >= 4 is 23.8 Å². The van der Waals surface area contributed by atoms with E-state index in [0.29, 0.717) is 53.1 Å². The molecule has 5 rings (SSSR count). The highest BCUT2D eigenvalue weighted by Gasteiger charge is 2.31. The van der Waals surface area contributed by atoms with Crippen molar-refractivity contribution in [3.63, 3.8) is 0 Å². The van der Waals surface area contributed by atoms with E-state index >= 15 is 0 Å². The SMILES string of the molecule is Fc1ccc(-c2nn(CN(Cc3nnc(-c4ccccc4Cl)o3)C3CC3)c(=S)o2)cc1. The van der Waals surface area contributed by atoms with E-state index in [1.54, 1.807) is 22.9 Å². The van der Waals surface area contributed by atoms with Crippen LogP contribution >= 0.6 is 23.8 Å². The van der Waals surface area contributed by atoms with E-state index in [1.165, 1.54) is 12.1 Å². The zero-order valence-corrected chi connectivity index (χ0v) is 17.8. The van der Waals surface area contributed by atoms with Gasteiger partial charge in [0.15, 0.2) is 0 Å². The van der Waals surface area contributed by atoms with Gasteiger partial charge in [-0.15, -0.1) is 15.3 Å². The lowest BCUT2D eigenvalue weighted by molar-refractivity contribution is 0.168. The van der Waals surface area contributed by atoms with Crippen LogP contribution in [-0.4, -0.2) is 30.9 Å². The van der Waals surface area contributed by atoms with E-state index in [4.69, 9.17) is 32.7 Å². The Balaban J connectivity index is 1.34. The van der Waals surface area contributed by atoms with E-state index in [-0.39, 0.29) is 10.7 Å². The van der Waals surface area contributed by atoms with Gasteiger partial charge in [-0.05, 0) is 61.5 Å². The average Bonchev–Trinajstić information content (AvgIpc) is 3.41. The first-order chi connectivity index (χ1) is 15.1. The fourth-order valence-electron chi connectivity index (χ4n) is 3.25. The average molecular weight is 458 g/mol. The third-order valence-electron chi connectivity index (χ3n) is 4.99. The van der Waals surface area contributed by atoms with Crippen molar-refractivity contribution in [1.29, 1.82) is 0 Å². The second kappa shape index (κ2) is 8.33. The molecule has 10 heteroatoms. The van der Waals surface area contributed by atoms with Crippen LogP contribution in [0, 0.1) is 10.7 Å². The Labute approximate surface area is 187 Å². The van der Waals surface area contributed by atoms with Crippen LogP contribution < -0.4 is 0 Å². The maximum Gasteiger partial charge on any atom is 0.288 e. The van der Waals surface area contributed by atoms with Gasteiger partial charge >= 0.3 is 0 Å². The molecule has 0 radical (unpaired) electrons. The molecule has 2 heterocycles. The summed E-state index contributed by atoms with van der Waals surface area (Å²) in [5.41, 5.74) is 1.36. The molecule has 2 aromatic carbocycles. The van der Waals surface area contributed by atoms with E-state index in [2.05, 4.69) is 20.2 Å². The van der Waals surface area contributed by atoms with Crippen LogP contribution in [0.3, 0.4) is 0 Å². The van der Waals surface area contributed by atoms with Gasteiger partial charge in [0, 0.05) is 11.6 Å². The van der Waals surface area contributed by atoms with Crippen LogP contribution in [0.2, 0.25) is 5.02 Å². The second-order valence-corrected chi connectivity index (χ2v) is 8.04. The Morgan fingerprint density at radius 3 is 2.58 bits per heavy atom. The van der Waals surface area contributed by atoms with E-state index in [0.717, 1.165) is 12.8 Å². The minimum Gasteiger partial charge on any atom is -0.419 e. The minimum atomic E-state index is -0.322. The van der Waals surface area contributed by atoms with Crippen molar-refractivity contribution in [2.45, 2.75) is 32.1 Å². The fraction of sp³-hybridized carbons (Fsp3) is 0.238. The molecule has 31 heavy (non-hydrogen) atoms. The lowest BCUT2D eigenvalue weighted by atomic mass is 10.2. The van der Waals surface area contributed by atoms with Gasteiger partial charge in [0.05, 0.1) is 23.8 Å². The lowest BCUT2D eigenvalue weighted by Crippen LogP contribution is -2.29. The van der Waals surface area contributed by atoms with Crippen molar-refractivity contribution in [3.8, 4) is 22.9 Å². The quantitative estimate of drug-likeness (QED) is 0.347. The zero-order valence-electron chi connectivity index (χ0n) is 16.2. The molecule has 158 valence electrons. The number of rotatable bonds is 7. The largest absolute Gasteiger partial charge is 0.419 e. The highest BCUT2D eigenvalue weighted by molar-refractivity contribution is 7.71. The number of hydrogen-bond donors (Lipinski definition) is 0. The minimum absolute atomic E-state index is 0.243. The van der Waals surface area contributed by atoms with Crippen molar-refractivity contribution in [2.75, 3.05) is 0 Å². The molecular weight excluding hydrogens is 441 g/mol. The first kappa shape index (κ1) is 20.0. The van der Waals surface area contributed by atoms with Gasteiger partial charge in [0.1, 0.15) is 5.82 Å². The molecule has 0 saturated heterocycles. The molecule has 7 nitrogen and oxygen atoms in total. The van der Waals surface area contributed by atoms with E-state index in [9.17, 15) is 4.39 Å². The van der Waals surface area contributed by atoms with Gasteiger partial charge in [-0.3, -0.25) is 4.90 Å². The second-order valence-electron chi connectivity index (χ2n) is 7.28. The predicted molar refractivity (Wildman–Crippen MR) is 114 cm³/mol. The van der Waals surface area contributed by atoms with Crippen LogP contribution in [0.1, 0.15) is 18.7 Å². The van der Waals surface area contributed by atoms with Crippen LogP contribution in [0.4, 0.5) is 4.39 Å². The van der Waals surface area contributed by atoms with Gasteiger partial charge in [0.2, 0.25) is 17.7 Å². The first-order valence-corrected chi connectivity index (χ1v) is 10.5. The van der Waals surface area contributed by atoms with Crippen molar-refractivity contribution in [2.24, 2.45) is 0 Å². The smallest absolute Gasteiger partial charge is 0.288 e. The maximum absolute atomic E-state index is 13.2. The normalized spacial score (nSPS) is 13.8. The van der Waals surface area contributed by atoms with Crippen LogP contribution in [0.15, 0.2) is 57.4 Å². The highest BCUT2D eigenvalue weighted by atomic mass is 35.5. The molecule has 1 saturated carbocycles. The first-order valence-electron chi connectivity index (χ1n) is 9.72. The topological polar surface area (TPSA) is 73.1 Å². The predicted octanol–water partition coefficient (Wildman–Crippen LogP) is 5.34. The molecule has 4 aromatic rings. The Kier molecular flexibility index (Phi) is 5.39. The van der Waals surface area contributed by atoms with Gasteiger partial charge in [-0.1, -0.05) is 23.7 Å². The summed E-state index contributed by atoms with van der Waals surface area (Å²) in [6, 6.07) is 13.6. The number of hydrogen-bond acceptors (Lipinski definition) is 7. The Morgan fingerprint density at radius 1 is 1.06 bits per heavy atom. The zero-order chi connectivity index (χ0) is 21.4. The summed E-state index contributed by atoms with van der Waals surface area (Å²) in [5.74, 6) is 0.889. The molecule has 0 unspecified atom stereocenters. The number of halogens is 2. The van der Waals surface area contributed by atoms with Crippen molar-refractivity contribution < 1.29 is 13.2 Å². The number of aromatic nitrogens is 4. The van der Waals surface area contributed by atoms with Crippen LogP contribution in [0.25, 0.3) is 22.9 Å².